The minimum atomic E-state index is -0.736. The van der Waals surface area contributed by atoms with Crippen LogP contribution in [0, 0.1) is 6.92 Å². The van der Waals surface area contributed by atoms with Gasteiger partial charge < -0.3 is 14.2 Å². The van der Waals surface area contributed by atoms with Gasteiger partial charge in [0.05, 0.1) is 19.1 Å². The fourth-order valence-electron chi connectivity index (χ4n) is 3.35. The first-order valence-electron chi connectivity index (χ1n) is 9.90. The van der Waals surface area contributed by atoms with Crippen molar-refractivity contribution in [2.75, 3.05) is 26.9 Å². The quantitative estimate of drug-likeness (QED) is 0.377. The summed E-state index contributed by atoms with van der Waals surface area (Å²) in [6, 6.07) is 6.78. The monoisotopic (exact) mass is 430 g/mol. The van der Waals surface area contributed by atoms with Gasteiger partial charge in [-0.1, -0.05) is 19.1 Å². The van der Waals surface area contributed by atoms with Gasteiger partial charge in [0, 0.05) is 17.6 Å². The number of methoxy groups -OCH3 is 1. The van der Waals surface area contributed by atoms with Gasteiger partial charge in [-0.05, 0) is 38.0 Å². The highest BCUT2D eigenvalue weighted by molar-refractivity contribution is 7.17. The topological polar surface area (TPSA) is 79.7 Å². The Morgan fingerprint density at radius 1 is 1.20 bits per heavy atom. The number of rotatable bonds is 9. The van der Waals surface area contributed by atoms with E-state index in [1.165, 1.54) is 15.9 Å². The normalized spacial score (nSPS) is 12.1. The molecule has 1 atom stereocenters. The van der Waals surface area contributed by atoms with Crippen LogP contribution in [0.2, 0.25) is 0 Å². The fraction of sp³-hybridized carbons (Fsp3) is 0.409. The fourth-order valence-corrected chi connectivity index (χ4v) is 4.33. The molecule has 3 rings (SSSR count). The van der Waals surface area contributed by atoms with Gasteiger partial charge in [-0.2, -0.15) is 0 Å². The third-order valence-corrected chi connectivity index (χ3v) is 5.74. The van der Waals surface area contributed by atoms with Crippen LogP contribution in [0.15, 0.2) is 34.4 Å². The molecule has 160 valence electrons. The predicted molar refractivity (Wildman–Crippen MR) is 117 cm³/mol. The molecule has 0 saturated carbocycles. The molecule has 7 nitrogen and oxygen atoms in total. The summed E-state index contributed by atoms with van der Waals surface area (Å²) in [5.74, 6) is 0.777. The van der Waals surface area contributed by atoms with Crippen LogP contribution in [-0.4, -0.2) is 42.5 Å². The van der Waals surface area contributed by atoms with E-state index in [2.05, 4.69) is 4.98 Å². The molecule has 0 aliphatic rings. The van der Waals surface area contributed by atoms with Crippen molar-refractivity contribution in [2.45, 2.75) is 33.2 Å². The molecule has 0 radical (unpaired) electrons. The Kier molecular flexibility index (Phi) is 7.23. The summed E-state index contributed by atoms with van der Waals surface area (Å²) in [4.78, 5) is 31.4. The molecule has 0 N–H and O–H groups in total. The van der Waals surface area contributed by atoms with Crippen molar-refractivity contribution in [1.82, 2.24) is 9.55 Å². The number of aromatic nitrogens is 2. The molecule has 0 amide bonds. The van der Waals surface area contributed by atoms with Crippen LogP contribution in [0.3, 0.4) is 0 Å². The smallest absolute Gasteiger partial charge is 0.329 e. The summed E-state index contributed by atoms with van der Waals surface area (Å²) in [7, 11) is 1.61. The van der Waals surface area contributed by atoms with Gasteiger partial charge in [0.25, 0.3) is 5.56 Å². The second-order valence-corrected chi connectivity index (χ2v) is 7.54. The number of thiophene rings is 1. The zero-order valence-electron chi connectivity index (χ0n) is 17.6. The summed E-state index contributed by atoms with van der Waals surface area (Å²) in [5, 5.41) is 2.43. The zero-order valence-corrected chi connectivity index (χ0v) is 18.5. The molecule has 1 unspecified atom stereocenters. The largest absolute Gasteiger partial charge is 0.497 e. The van der Waals surface area contributed by atoms with E-state index in [0.717, 1.165) is 16.9 Å². The van der Waals surface area contributed by atoms with E-state index in [4.69, 9.17) is 14.2 Å². The van der Waals surface area contributed by atoms with Gasteiger partial charge in [0.2, 0.25) is 0 Å². The number of ether oxygens (including phenoxy) is 3. The second-order valence-electron chi connectivity index (χ2n) is 6.68. The Morgan fingerprint density at radius 2 is 1.93 bits per heavy atom. The molecule has 30 heavy (non-hydrogen) atoms. The van der Waals surface area contributed by atoms with Crippen LogP contribution in [0.5, 0.6) is 5.75 Å². The Morgan fingerprint density at radius 3 is 2.57 bits per heavy atom. The second kappa shape index (κ2) is 9.86. The first-order chi connectivity index (χ1) is 14.5. The Balaban J connectivity index is 2.02. The summed E-state index contributed by atoms with van der Waals surface area (Å²) in [5.41, 5.74) is 1.45. The maximum absolute atomic E-state index is 13.5. The van der Waals surface area contributed by atoms with Gasteiger partial charge >= 0.3 is 5.97 Å². The van der Waals surface area contributed by atoms with E-state index in [0.29, 0.717) is 35.7 Å². The van der Waals surface area contributed by atoms with E-state index in [9.17, 15) is 9.59 Å². The highest BCUT2D eigenvalue weighted by Crippen LogP contribution is 2.32. The molecule has 2 heterocycles. The van der Waals surface area contributed by atoms with E-state index in [1.807, 2.05) is 43.5 Å². The number of aryl methyl sites for hydroxylation is 1. The highest BCUT2D eigenvalue weighted by Gasteiger charge is 2.26. The number of carbonyl (C=O) groups is 1. The van der Waals surface area contributed by atoms with E-state index in [1.54, 1.807) is 14.0 Å². The van der Waals surface area contributed by atoms with E-state index < -0.39 is 12.0 Å². The predicted octanol–water partition coefficient (Wildman–Crippen LogP) is 3.97. The molecule has 0 fully saturated rings. The molecule has 3 aromatic rings. The van der Waals surface area contributed by atoms with Crippen molar-refractivity contribution in [3.8, 4) is 16.9 Å². The molecular formula is C22H26N2O5S. The van der Waals surface area contributed by atoms with Gasteiger partial charge in [-0.15, -0.1) is 11.3 Å². The van der Waals surface area contributed by atoms with Crippen LogP contribution >= 0.6 is 11.3 Å². The van der Waals surface area contributed by atoms with Crippen molar-refractivity contribution < 1.29 is 19.0 Å². The molecule has 1 aromatic carbocycles. The van der Waals surface area contributed by atoms with Crippen molar-refractivity contribution in [3.05, 3.63) is 45.8 Å². The van der Waals surface area contributed by atoms with E-state index >= 15 is 0 Å². The number of nitrogens with zero attached hydrogens (tertiary/aromatic N) is 2. The van der Waals surface area contributed by atoms with Crippen molar-refractivity contribution in [2.24, 2.45) is 0 Å². The zero-order chi connectivity index (χ0) is 21.7. The number of fused-ring (bicyclic) bond motifs is 1. The van der Waals surface area contributed by atoms with Crippen molar-refractivity contribution >= 4 is 27.5 Å². The maximum Gasteiger partial charge on any atom is 0.329 e. The summed E-state index contributed by atoms with van der Waals surface area (Å²) >= 11 is 1.41. The molecular weight excluding hydrogens is 404 g/mol. The first-order valence-corrected chi connectivity index (χ1v) is 10.8. The van der Waals surface area contributed by atoms with Crippen molar-refractivity contribution in [3.63, 3.8) is 0 Å². The SMILES string of the molecule is CCOCCOC(=O)C(CC)n1c(C)nc2scc(-c3ccc(OC)cc3)c2c1=O. The lowest BCUT2D eigenvalue weighted by atomic mass is 10.1. The van der Waals surface area contributed by atoms with E-state index in [-0.39, 0.29) is 12.2 Å². The van der Waals surface area contributed by atoms with Gasteiger partial charge in [0.1, 0.15) is 29.1 Å². The minimum Gasteiger partial charge on any atom is -0.497 e. The number of hydrogen-bond donors (Lipinski definition) is 0. The Labute approximate surface area is 179 Å². The molecule has 0 aliphatic heterocycles. The molecule has 8 heteroatoms. The van der Waals surface area contributed by atoms with Gasteiger partial charge in [-0.3, -0.25) is 9.36 Å². The average molecular weight is 431 g/mol. The number of hydrogen-bond acceptors (Lipinski definition) is 7. The number of benzene rings is 1. The van der Waals surface area contributed by atoms with Gasteiger partial charge in [-0.25, -0.2) is 9.78 Å². The van der Waals surface area contributed by atoms with Gasteiger partial charge in [0.15, 0.2) is 0 Å². The molecule has 0 bridgehead atoms. The van der Waals surface area contributed by atoms with Crippen LogP contribution in [0.25, 0.3) is 21.3 Å². The van der Waals surface area contributed by atoms with Crippen LogP contribution in [-0.2, 0) is 14.3 Å². The maximum atomic E-state index is 13.5. The molecule has 0 saturated heterocycles. The molecule has 2 aromatic heterocycles. The Hall–Kier alpha value is -2.71. The van der Waals surface area contributed by atoms with Crippen LogP contribution in [0.1, 0.15) is 32.1 Å². The van der Waals surface area contributed by atoms with Crippen LogP contribution < -0.4 is 10.3 Å². The van der Waals surface area contributed by atoms with Crippen LogP contribution in [0.4, 0.5) is 0 Å². The third kappa shape index (κ3) is 4.39. The summed E-state index contributed by atoms with van der Waals surface area (Å²) < 4.78 is 17.2. The summed E-state index contributed by atoms with van der Waals surface area (Å²) in [6.45, 7) is 6.51. The molecule has 0 spiro atoms. The third-order valence-electron chi connectivity index (χ3n) is 4.86. The first kappa shape index (κ1) is 22.0. The summed E-state index contributed by atoms with van der Waals surface area (Å²) in [6.07, 6.45) is 0.420. The minimum absolute atomic E-state index is 0.155. The Bertz CT molecular complexity index is 1070. The lowest BCUT2D eigenvalue weighted by Gasteiger charge is -2.19. The standard InChI is InChI=1S/C22H26N2O5S/c1-5-18(22(26)29-12-11-28-6-2)24-14(3)23-20-19(21(24)25)17(13-30-20)15-7-9-16(27-4)10-8-15/h7-10,13,18H,5-6,11-12H2,1-4H3. The lowest BCUT2D eigenvalue weighted by molar-refractivity contribution is -0.149. The molecule has 0 aliphatic carbocycles. The highest BCUT2D eigenvalue weighted by atomic mass is 32.1. The lowest BCUT2D eigenvalue weighted by Crippen LogP contribution is -2.33. The number of carbonyl (C=O) groups excluding carboxylic acids is 1. The average Bonchev–Trinajstić information content (AvgIpc) is 3.18. The number of esters is 1. The van der Waals surface area contributed by atoms with Crippen molar-refractivity contribution in [1.29, 1.82) is 0 Å².